The Morgan fingerprint density at radius 2 is 1.85 bits per heavy atom. The minimum Gasteiger partial charge on any atom is -0.495 e. The van der Waals surface area contributed by atoms with Gasteiger partial charge in [-0.05, 0) is 61.7 Å². The average molecular weight is 388 g/mol. The molecular weight excluding hydrogens is 362 g/mol. The van der Waals surface area contributed by atoms with Gasteiger partial charge in [-0.1, -0.05) is 11.6 Å². The third kappa shape index (κ3) is 5.54. The van der Waals surface area contributed by atoms with Crippen molar-refractivity contribution in [2.24, 2.45) is 0 Å². The number of carbonyl (C=O) groups excluding carboxylic acids is 1. The Morgan fingerprint density at radius 3 is 2.56 bits per heavy atom. The Morgan fingerprint density at radius 1 is 1.11 bits per heavy atom. The Labute approximate surface area is 165 Å². The highest BCUT2D eigenvalue weighted by Crippen LogP contribution is 2.27. The summed E-state index contributed by atoms with van der Waals surface area (Å²) in [7, 11) is 1.61. The summed E-state index contributed by atoms with van der Waals surface area (Å²) in [6.45, 7) is 2.73. The predicted molar refractivity (Wildman–Crippen MR) is 112 cm³/mol. The Hall–Kier alpha value is -2.40. The molecule has 1 aliphatic heterocycles. The molecule has 27 heavy (non-hydrogen) atoms. The molecule has 3 rings (SSSR count). The number of ether oxygens (including phenoxy) is 1. The number of hydrogen-bond acceptors (Lipinski definition) is 4. The summed E-state index contributed by atoms with van der Waals surface area (Å²) in [4.78, 5) is 14.6. The molecule has 1 fully saturated rings. The van der Waals surface area contributed by atoms with E-state index < -0.39 is 0 Å². The maximum Gasteiger partial charge on any atom is 0.226 e. The van der Waals surface area contributed by atoms with Crippen LogP contribution in [-0.2, 0) is 4.79 Å². The van der Waals surface area contributed by atoms with Gasteiger partial charge < -0.3 is 20.3 Å². The first-order chi connectivity index (χ1) is 13.2. The van der Waals surface area contributed by atoms with Crippen LogP contribution in [0.2, 0.25) is 5.02 Å². The molecule has 0 aromatic heterocycles. The monoisotopic (exact) mass is 387 g/mol. The number of methoxy groups -OCH3 is 1. The number of hydrogen-bond donors (Lipinski definition) is 2. The number of piperidine rings is 1. The number of nitrogens with one attached hydrogen (secondary N) is 2. The van der Waals surface area contributed by atoms with Crippen LogP contribution in [0.4, 0.5) is 17.1 Å². The largest absolute Gasteiger partial charge is 0.495 e. The van der Waals surface area contributed by atoms with E-state index in [1.807, 2.05) is 12.1 Å². The van der Waals surface area contributed by atoms with E-state index in [-0.39, 0.29) is 5.91 Å². The van der Waals surface area contributed by atoms with Gasteiger partial charge in [0.2, 0.25) is 5.91 Å². The van der Waals surface area contributed by atoms with Gasteiger partial charge in [0.15, 0.2) is 0 Å². The number of benzene rings is 2. The molecular formula is C21H26ClN3O2. The summed E-state index contributed by atoms with van der Waals surface area (Å²) in [5.41, 5.74) is 2.83. The fourth-order valence-corrected chi connectivity index (χ4v) is 3.43. The van der Waals surface area contributed by atoms with Crippen molar-refractivity contribution in [3.8, 4) is 5.75 Å². The lowest BCUT2D eigenvalue weighted by Crippen LogP contribution is -2.29. The molecule has 0 atom stereocenters. The number of amides is 1. The molecule has 2 N–H and O–H groups in total. The fourth-order valence-electron chi connectivity index (χ4n) is 3.26. The maximum absolute atomic E-state index is 12.2. The highest BCUT2D eigenvalue weighted by atomic mass is 35.5. The summed E-state index contributed by atoms with van der Waals surface area (Å²) >= 11 is 6.01. The zero-order chi connectivity index (χ0) is 19.1. The first-order valence-corrected chi connectivity index (χ1v) is 9.76. The third-order valence-corrected chi connectivity index (χ3v) is 4.94. The molecule has 2 aromatic carbocycles. The van der Waals surface area contributed by atoms with Crippen LogP contribution in [0.3, 0.4) is 0 Å². The zero-order valence-electron chi connectivity index (χ0n) is 15.6. The predicted octanol–water partition coefficient (Wildman–Crippen LogP) is 4.78. The van der Waals surface area contributed by atoms with Crippen molar-refractivity contribution in [3.05, 3.63) is 47.5 Å². The van der Waals surface area contributed by atoms with Crippen LogP contribution in [-0.4, -0.2) is 32.7 Å². The standard InChI is InChI=1S/C21H26ClN3O2/c1-27-20-10-5-16(22)15-19(20)23-12-11-21(26)24-17-6-8-18(9-7-17)25-13-3-2-4-14-25/h5-10,15,23H,2-4,11-14H2,1H3,(H,24,26). The lowest BCUT2D eigenvalue weighted by atomic mass is 10.1. The molecule has 0 saturated carbocycles. The van der Waals surface area contributed by atoms with Gasteiger partial charge in [-0.15, -0.1) is 0 Å². The van der Waals surface area contributed by atoms with Crippen molar-refractivity contribution >= 4 is 34.6 Å². The van der Waals surface area contributed by atoms with Crippen LogP contribution >= 0.6 is 11.6 Å². The molecule has 1 heterocycles. The van der Waals surface area contributed by atoms with E-state index in [0.717, 1.165) is 24.5 Å². The van der Waals surface area contributed by atoms with Crippen LogP contribution in [0.15, 0.2) is 42.5 Å². The zero-order valence-corrected chi connectivity index (χ0v) is 16.4. The Balaban J connectivity index is 1.47. The van der Waals surface area contributed by atoms with Crippen molar-refractivity contribution in [1.29, 1.82) is 0 Å². The van der Waals surface area contributed by atoms with E-state index in [9.17, 15) is 4.79 Å². The van der Waals surface area contributed by atoms with E-state index in [2.05, 4.69) is 27.7 Å². The van der Waals surface area contributed by atoms with Gasteiger partial charge in [0, 0.05) is 42.5 Å². The topological polar surface area (TPSA) is 53.6 Å². The molecule has 0 spiro atoms. The van der Waals surface area contributed by atoms with Gasteiger partial charge >= 0.3 is 0 Å². The minimum atomic E-state index is -0.0331. The van der Waals surface area contributed by atoms with Crippen molar-refractivity contribution < 1.29 is 9.53 Å². The van der Waals surface area contributed by atoms with Gasteiger partial charge in [0.05, 0.1) is 12.8 Å². The van der Waals surface area contributed by atoms with E-state index in [4.69, 9.17) is 16.3 Å². The number of anilines is 3. The molecule has 0 bridgehead atoms. The van der Waals surface area contributed by atoms with Gasteiger partial charge in [-0.2, -0.15) is 0 Å². The molecule has 2 aromatic rings. The maximum atomic E-state index is 12.2. The smallest absolute Gasteiger partial charge is 0.226 e. The third-order valence-electron chi connectivity index (χ3n) is 4.70. The van der Waals surface area contributed by atoms with E-state index in [1.165, 1.54) is 24.9 Å². The second-order valence-corrected chi connectivity index (χ2v) is 7.10. The molecule has 0 radical (unpaired) electrons. The summed E-state index contributed by atoms with van der Waals surface area (Å²) in [6.07, 6.45) is 4.18. The lowest BCUT2D eigenvalue weighted by molar-refractivity contribution is -0.115. The first kappa shape index (κ1) is 19.4. The number of halogens is 1. The van der Waals surface area contributed by atoms with Gasteiger partial charge in [0.25, 0.3) is 0 Å². The van der Waals surface area contributed by atoms with Crippen LogP contribution in [0.5, 0.6) is 5.75 Å². The molecule has 1 saturated heterocycles. The normalized spacial score (nSPS) is 13.9. The van der Waals surface area contributed by atoms with Gasteiger partial charge in [-0.25, -0.2) is 0 Å². The van der Waals surface area contributed by atoms with Crippen LogP contribution < -0.4 is 20.3 Å². The highest BCUT2D eigenvalue weighted by Gasteiger charge is 2.11. The second-order valence-electron chi connectivity index (χ2n) is 6.66. The summed E-state index contributed by atoms with van der Waals surface area (Å²) < 4.78 is 5.29. The summed E-state index contributed by atoms with van der Waals surface area (Å²) in [5.74, 6) is 0.669. The number of carbonyl (C=O) groups is 1. The lowest BCUT2D eigenvalue weighted by Gasteiger charge is -2.28. The van der Waals surface area contributed by atoms with E-state index in [0.29, 0.717) is 23.7 Å². The van der Waals surface area contributed by atoms with Crippen molar-refractivity contribution in [3.63, 3.8) is 0 Å². The molecule has 6 heteroatoms. The van der Waals surface area contributed by atoms with Crippen molar-refractivity contribution in [2.75, 3.05) is 42.3 Å². The van der Waals surface area contributed by atoms with Crippen LogP contribution in [0.25, 0.3) is 0 Å². The van der Waals surface area contributed by atoms with Crippen molar-refractivity contribution in [1.82, 2.24) is 0 Å². The Bertz CT molecular complexity index is 759. The molecule has 0 aliphatic carbocycles. The van der Waals surface area contributed by atoms with Crippen molar-refractivity contribution in [2.45, 2.75) is 25.7 Å². The molecule has 0 unspecified atom stereocenters. The fraction of sp³-hybridized carbons (Fsp3) is 0.381. The first-order valence-electron chi connectivity index (χ1n) is 9.38. The number of rotatable bonds is 7. The quantitative estimate of drug-likeness (QED) is 0.717. The highest BCUT2D eigenvalue weighted by molar-refractivity contribution is 6.30. The molecule has 1 amide bonds. The number of nitrogens with zero attached hydrogens (tertiary/aromatic N) is 1. The minimum absolute atomic E-state index is 0.0331. The van der Waals surface area contributed by atoms with Gasteiger partial charge in [0.1, 0.15) is 5.75 Å². The SMILES string of the molecule is COc1ccc(Cl)cc1NCCC(=O)Nc1ccc(N2CCCCC2)cc1. The van der Waals surface area contributed by atoms with Gasteiger partial charge in [-0.3, -0.25) is 4.79 Å². The second kappa shape index (κ2) is 9.51. The summed E-state index contributed by atoms with van der Waals surface area (Å²) in [5, 5.41) is 6.76. The average Bonchev–Trinajstić information content (AvgIpc) is 2.69. The Kier molecular flexibility index (Phi) is 6.82. The molecule has 144 valence electrons. The molecule has 5 nitrogen and oxygen atoms in total. The van der Waals surface area contributed by atoms with Crippen LogP contribution in [0, 0.1) is 0 Å². The molecule has 1 aliphatic rings. The van der Waals surface area contributed by atoms with E-state index in [1.54, 1.807) is 25.3 Å². The summed E-state index contributed by atoms with van der Waals surface area (Å²) in [6, 6.07) is 13.5. The van der Waals surface area contributed by atoms with E-state index >= 15 is 0 Å². The van der Waals surface area contributed by atoms with Crippen LogP contribution in [0.1, 0.15) is 25.7 Å².